The molecular weight excluding hydrogens is 342 g/mol. The van der Waals surface area contributed by atoms with E-state index < -0.39 is 0 Å². The number of halogens is 1. The number of methoxy groups -OCH3 is 1. The van der Waals surface area contributed by atoms with Crippen molar-refractivity contribution in [3.63, 3.8) is 0 Å². The Morgan fingerprint density at radius 1 is 1.16 bits per heavy atom. The number of likely N-dealkylation sites (N-methyl/N-ethyl adjacent to an activating group) is 1. The molecule has 0 unspecified atom stereocenters. The highest BCUT2D eigenvalue weighted by atomic mass is 35.5. The molecule has 1 N–H and O–H groups in total. The average Bonchev–Trinajstić information content (AvgIpc) is 2.63. The number of nitrogens with one attached hydrogen (secondary N) is 1. The highest BCUT2D eigenvalue weighted by molar-refractivity contribution is 6.32. The predicted molar refractivity (Wildman–Crippen MR) is 96.7 cm³/mol. The van der Waals surface area contributed by atoms with E-state index in [9.17, 15) is 4.79 Å². The lowest BCUT2D eigenvalue weighted by Crippen LogP contribution is -2.47. The van der Waals surface area contributed by atoms with Gasteiger partial charge in [-0.1, -0.05) is 11.6 Å². The number of ether oxygens (including phenoxy) is 1. The summed E-state index contributed by atoms with van der Waals surface area (Å²) < 4.78 is 5.12. The van der Waals surface area contributed by atoms with Gasteiger partial charge in [-0.2, -0.15) is 0 Å². The van der Waals surface area contributed by atoms with E-state index in [4.69, 9.17) is 16.3 Å². The highest BCUT2D eigenvalue weighted by Gasteiger charge is 2.21. The Balaban J connectivity index is 1.66. The van der Waals surface area contributed by atoms with E-state index in [1.807, 2.05) is 13.1 Å². The smallest absolute Gasteiger partial charge is 0.274 e. The molecule has 132 valence electrons. The van der Waals surface area contributed by atoms with Crippen molar-refractivity contribution in [1.82, 2.24) is 20.0 Å². The molecule has 8 heteroatoms. The van der Waals surface area contributed by atoms with Gasteiger partial charge in [-0.05, 0) is 37.4 Å². The quantitative estimate of drug-likeness (QED) is 0.900. The first-order valence-electron chi connectivity index (χ1n) is 7.99. The second kappa shape index (κ2) is 7.67. The van der Waals surface area contributed by atoms with Gasteiger partial charge in [-0.15, -0.1) is 10.2 Å². The van der Waals surface area contributed by atoms with Gasteiger partial charge in [0, 0.05) is 31.9 Å². The maximum absolute atomic E-state index is 12.4. The van der Waals surface area contributed by atoms with Gasteiger partial charge in [0.2, 0.25) is 0 Å². The predicted octanol–water partition coefficient (Wildman–Crippen LogP) is 2.27. The molecule has 3 rings (SSSR count). The SMILES string of the molecule is COc1ccc(Nc2ccc(C(=O)N3CCN(C)CC3)nn2)cc1Cl. The Bertz CT molecular complexity index is 745. The second-order valence-electron chi connectivity index (χ2n) is 5.87. The summed E-state index contributed by atoms with van der Waals surface area (Å²) in [5.41, 5.74) is 1.11. The number of aromatic nitrogens is 2. The molecule has 1 aromatic heterocycles. The van der Waals surface area contributed by atoms with E-state index in [1.165, 1.54) is 0 Å². The van der Waals surface area contributed by atoms with E-state index in [0.29, 0.717) is 35.4 Å². The molecule has 0 bridgehead atoms. The lowest BCUT2D eigenvalue weighted by Gasteiger charge is -2.32. The van der Waals surface area contributed by atoms with E-state index in [0.717, 1.165) is 18.8 Å². The van der Waals surface area contributed by atoms with Crippen LogP contribution in [-0.2, 0) is 0 Å². The first-order valence-corrected chi connectivity index (χ1v) is 8.37. The van der Waals surface area contributed by atoms with Crippen molar-refractivity contribution in [2.24, 2.45) is 0 Å². The van der Waals surface area contributed by atoms with Crippen LogP contribution >= 0.6 is 11.6 Å². The van der Waals surface area contributed by atoms with Crippen LogP contribution < -0.4 is 10.1 Å². The molecule has 1 aliphatic heterocycles. The summed E-state index contributed by atoms with van der Waals surface area (Å²) in [4.78, 5) is 16.4. The van der Waals surface area contributed by atoms with Crippen LogP contribution in [0.15, 0.2) is 30.3 Å². The van der Waals surface area contributed by atoms with Crippen molar-refractivity contribution in [1.29, 1.82) is 0 Å². The number of hydrogen-bond acceptors (Lipinski definition) is 6. The number of hydrogen-bond donors (Lipinski definition) is 1. The molecule has 0 atom stereocenters. The van der Waals surface area contributed by atoms with Gasteiger partial charge in [-0.25, -0.2) is 0 Å². The zero-order valence-corrected chi connectivity index (χ0v) is 15.0. The van der Waals surface area contributed by atoms with Crippen LogP contribution in [0.2, 0.25) is 5.02 Å². The summed E-state index contributed by atoms with van der Waals surface area (Å²) in [5.74, 6) is 1.06. The molecule has 2 aromatic rings. The van der Waals surface area contributed by atoms with Crippen molar-refractivity contribution < 1.29 is 9.53 Å². The maximum atomic E-state index is 12.4. The largest absolute Gasteiger partial charge is 0.495 e. The number of rotatable bonds is 4. The molecule has 1 aromatic carbocycles. The van der Waals surface area contributed by atoms with Gasteiger partial charge in [0.05, 0.1) is 12.1 Å². The van der Waals surface area contributed by atoms with Gasteiger partial charge in [0.25, 0.3) is 5.91 Å². The number of carbonyl (C=O) groups is 1. The minimum atomic E-state index is -0.0837. The number of amides is 1. The minimum Gasteiger partial charge on any atom is -0.495 e. The highest BCUT2D eigenvalue weighted by Crippen LogP contribution is 2.28. The fraction of sp³-hybridized carbons (Fsp3) is 0.353. The van der Waals surface area contributed by atoms with Crippen LogP contribution in [0.1, 0.15) is 10.5 Å². The molecule has 1 saturated heterocycles. The summed E-state index contributed by atoms with van der Waals surface area (Å²) in [5, 5.41) is 11.7. The molecular formula is C17H20ClN5O2. The fourth-order valence-corrected chi connectivity index (χ4v) is 2.83. The Morgan fingerprint density at radius 3 is 2.52 bits per heavy atom. The van der Waals surface area contributed by atoms with Crippen LogP contribution in [-0.4, -0.2) is 66.2 Å². The topological polar surface area (TPSA) is 70.6 Å². The first kappa shape index (κ1) is 17.4. The van der Waals surface area contributed by atoms with Crippen LogP contribution in [0.4, 0.5) is 11.5 Å². The Hall–Kier alpha value is -2.38. The third kappa shape index (κ3) is 4.18. The maximum Gasteiger partial charge on any atom is 0.274 e. The molecule has 2 heterocycles. The number of benzene rings is 1. The third-order valence-corrected chi connectivity index (χ3v) is 4.39. The standard InChI is InChI=1S/C17H20ClN5O2/c1-22-7-9-23(10-8-22)17(24)14-4-6-16(21-20-14)19-12-3-5-15(25-2)13(18)11-12/h3-6,11H,7-10H2,1-2H3,(H,19,21). The molecule has 1 amide bonds. The van der Waals surface area contributed by atoms with Crippen molar-refractivity contribution in [2.45, 2.75) is 0 Å². The van der Waals surface area contributed by atoms with Crippen LogP contribution in [0.5, 0.6) is 5.75 Å². The summed E-state index contributed by atoms with van der Waals surface area (Å²) in [6.07, 6.45) is 0. The lowest BCUT2D eigenvalue weighted by atomic mass is 10.2. The Kier molecular flexibility index (Phi) is 5.35. The molecule has 0 aliphatic carbocycles. The van der Waals surface area contributed by atoms with Gasteiger partial charge >= 0.3 is 0 Å². The number of carbonyl (C=O) groups excluding carboxylic acids is 1. The van der Waals surface area contributed by atoms with Crippen LogP contribution in [0.25, 0.3) is 0 Å². The van der Waals surface area contributed by atoms with Crippen LogP contribution in [0, 0.1) is 0 Å². The van der Waals surface area contributed by atoms with E-state index in [1.54, 1.807) is 36.3 Å². The van der Waals surface area contributed by atoms with Gasteiger partial charge in [0.1, 0.15) is 5.75 Å². The molecule has 7 nitrogen and oxygen atoms in total. The van der Waals surface area contributed by atoms with Gasteiger partial charge < -0.3 is 19.9 Å². The molecule has 1 fully saturated rings. The van der Waals surface area contributed by atoms with Gasteiger partial charge in [-0.3, -0.25) is 4.79 Å². The zero-order chi connectivity index (χ0) is 17.8. The lowest BCUT2D eigenvalue weighted by molar-refractivity contribution is 0.0657. The van der Waals surface area contributed by atoms with Crippen molar-refractivity contribution >= 4 is 29.0 Å². The summed E-state index contributed by atoms with van der Waals surface area (Å²) in [6, 6.07) is 8.75. The summed E-state index contributed by atoms with van der Waals surface area (Å²) in [6.45, 7) is 3.16. The Labute approximate surface area is 151 Å². The molecule has 1 aliphatic rings. The van der Waals surface area contributed by atoms with Crippen molar-refractivity contribution in [3.8, 4) is 5.75 Å². The van der Waals surface area contributed by atoms with E-state index in [2.05, 4.69) is 20.4 Å². The second-order valence-corrected chi connectivity index (χ2v) is 6.28. The normalized spacial score (nSPS) is 15.1. The molecule has 25 heavy (non-hydrogen) atoms. The van der Waals surface area contributed by atoms with E-state index >= 15 is 0 Å². The van der Waals surface area contributed by atoms with Crippen LogP contribution in [0.3, 0.4) is 0 Å². The summed E-state index contributed by atoms with van der Waals surface area (Å²) >= 11 is 6.10. The van der Waals surface area contributed by atoms with E-state index in [-0.39, 0.29) is 5.91 Å². The molecule has 0 radical (unpaired) electrons. The molecule has 0 saturated carbocycles. The molecule has 0 spiro atoms. The Morgan fingerprint density at radius 2 is 1.92 bits per heavy atom. The minimum absolute atomic E-state index is 0.0837. The monoisotopic (exact) mass is 361 g/mol. The third-order valence-electron chi connectivity index (χ3n) is 4.10. The summed E-state index contributed by atoms with van der Waals surface area (Å²) in [7, 11) is 3.61. The first-order chi connectivity index (χ1) is 12.1. The van der Waals surface area contributed by atoms with Gasteiger partial charge in [0.15, 0.2) is 11.5 Å². The van der Waals surface area contributed by atoms with Crippen molar-refractivity contribution in [3.05, 3.63) is 41.0 Å². The fourth-order valence-electron chi connectivity index (χ4n) is 2.58. The number of nitrogens with zero attached hydrogens (tertiary/aromatic N) is 4. The van der Waals surface area contributed by atoms with Crippen molar-refractivity contribution in [2.75, 3.05) is 45.7 Å². The number of anilines is 2. The zero-order valence-electron chi connectivity index (χ0n) is 14.2. The number of piperazine rings is 1. The average molecular weight is 362 g/mol.